The van der Waals surface area contributed by atoms with Gasteiger partial charge in [-0.1, -0.05) is 109 Å². The van der Waals surface area contributed by atoms with E-state index in [-0.39, 0.29) is 0 Å². The summed E-state index contributed by atoms with van der Waals surface area (Å²) in [4.78, 5) is 10.3. The van der Waals surface area contributed by atoms with Crippen molar-refractivity contribution in [2.24, 2.45) is 0 Å². The molecule has 2 heterocycles. The highest BCUT2D eigenvalue weighted by molar-refractivity contribution is 6.06. The lowest BCUT2D eigenvalue weighted by molar-refractivity contribution is 0.479. The summed E-state index contributed by atoms with van der Waals surface area (Å²) < 4.78 is 0. The number of nitrogens with zero attached hydrogens (tertiary/aromatic N) is 4. The second-order valence-corrected chi connectivity index (χ2v) is 12.9. The number of rotatable bonds is 4. The van der Waals surface area contributed by atoms with Crippen LogP contribution in [0.15, 0.2) is 170 Å². The first-order valence-electron chi connectivity index (χ1n) is 17.1. The molecule has 10 rings (SSSR count). The first kappa shape index (κ1) is 27.8. The van der Waals surface area contributed by atoms with Crippen molar-refractivity contribution in [3.8, 4) is 0 Å². The summed E-state index contributed by atoms with van der Waals surface area (Å²) >= 11 is 0. The van der Waals surface area contributed by atoms with Gasteiger partial charge in [-0.15, -0.1) is 0 Å². The first-order valence-corrected chi connectivity index (χ1v) is 17.1. The maximum absolute atomic E-state index is 2.57. The van der Waals surface area contributed by atoms with Crippen LogP contribution in [0.1, 0.15) is 12.8 Å². The standard InChI is InChI=1S/C45H34N4/c1-5-21-37(22-6-1)46-41-29-33-17-13-14-18-34(33)30-42(41)47(38-23-7-2-8-24-38)45(46)48(39-25-9-3-10-26-39)43-31-35-19-15-16-20-36(35)32-44(43)49(45)40-27-11-4-12-28-40/h1-14,17-32H,15-16H2. The Hall–Kier alpha value is -6.26. The SMILES string of the molecule is C1=c2cc3c(cc2=CCC1)N(c1ccccc1)C1(N3c2ccccc2)N(c2ccccc2)c2cc3ccccc3cc2N1c1ccccc1. The molecule has 3 aliphatic rings. The number of anilines is 8. The van der Waals surface area contributed by atoms with Gasteiger partial charge in [0.2, 0.25) is 0 Å². The van der Waals surface area contributed by atoms with Crippen LogP contribution >= 0.6 is 0 Å². The summed E-state index contributed by atoms with van der Waals surface area (Å²) in [5.74, 6) is -0.947. The van der Waals surface area contributed by atoms with Gasteiger partial charge in [0.15, 0.2) is 0 Å². The van der Waals surface area contributed by atoms with Gasteiger partial charge in [0.05, 0.1) is 22.7 Å². The molecule has 0 N–H and O–H groups in total. The lowest BCUT2D eigenvalue weighted by Gasteiger charge is -2.53. The van der Waals surface area contributed by atoms with Gasteiger partial charge in [0.25, 0.3) is 5.91 Å². The second-order valence-electron chi connectivity index (χ2n) is 12.9. The minimum Gasteiger partial charge on any atom is -0.280 e. The summed E-state index contributed by atoms with van der Waals surface area (Å²) in [5.41, 5.74) is 9.06. The highest BCUT2D eigenvalue weighted by Gasteiger charge is 2.64. The molecule has 0 amide bonds. The summed E-state index contributed by atoms with van der Waals surface area (Å²) in [6.45, 7) is 0. The van der Waals surface area contributed by atoms with E-state index in [1.165, 1.54) is 32.6 Å². The molecule has 0 unspecified atom stereocenters. The van der Waals surface area contributed by atoms with Crippen molar-refractivity contribution in [1.82, 2.24) is 0 Å². The maximum atomic E-state index is 2.57. The van der Waals surface area contributed by atoms with Crippen LogP contribution in [0.4, 0.5) is 45.5 Å². The van der Waals surface area contributed by atoms with E-state index in [0.29, 0.717) is 0 Å². The molecule has 4 nitrogen and oxygen atoms in total. The third-order valence-corrected chi connectivity index (χ3v) is 10.1. The van der Waals surface area contributed by atoms with E-state index in [1.54, 1.807) is 0 Å². The predicted molar refractivity (Wildman–Crippen MR) is 205 cm³/mol. The molecule has 0 fully saturated rings. The highest BCUT2D eigenvalue weighted by Crippen LogP contribution is 2.64. The van der Waals surface area contributed by atoms with E-state index in [1.807, 2.05) is 0 Å². The van der Waals surface area contributed by atoms with Gasteiger partial charge < -0.3 is 0 Å². The van der Waals surface area contributed by atoms with Crippen LogP contribution in [0.3, 0.4) is 0 Å². The zero-order valence-electron chi connectivity index (χ0n) is 27.0. The van der Waals surface area contributed by atoms with Crippen LogP contribution in [0.25, 0.3) is 22.9 Å². The lowest BCUT2D eigenvalue weighted by atomic mass is 10.1. The number of benzene rings is 7. The van der Waals surface area contributed by atoms with Gasteiger partial charge in [-0.05, 0) is 107 Å². The monoisotopic (exact) mass is 630 g/mol. The first-order chi connectivity index (χ1) is 24.3. The molecule has 4 heteroatoms. The van der Waals surface area contributed by atoms with E-state index in [2.05, 4.69) is 202 Å². The molecule has 7 aromatic carbocycles. The van der Waals surface area contributed by atoms with E-state index in [9.17, 15) is 0 Å². The molecule has 0 bridgehead atoms. The Morgan fingerprint density at radius 3 is 0.939 bits per heavy atom. The molecular weight excluding hydrogens is 597 g/mol. The Kier molecular flexibility index (Phi) is 6.18. The molecule has 2 aliphatic heterocycles. The van der Waals surface area contributed by atoms with E-state index in [0.717, 1.165) is 47.0 Å². The molecule has 1 aliphatic carbocycles. The number of fused-ring (bicyclic) bond motifs is 4. The van der Waals surface area contributed by atoms with E-state index in [4.69, 9.17) is 0 Å². The molecule has 7 aromatic rings. The number of para-hydroxylation sites is 4. The van der Waals surface area contributed by atoms with Crippen LogP contribution in [0, 0.1) is 0 Å². The number of hydrogen-bond donors (Lipinski definition) is 0. The van der Waals surface area contributed by atoms with Gasteiger partial charge in [0, 0.05) is 22.7 Å². The summed E-state index contributed by atoms with van der Waals surface area (Å²) in [7, 11) is 0. The van der Waals surface area contributed by atoms with Crippen LogP contribution < -0.4 is 30.0 Å². The van der Waals surface area contributed by atoms with Crippen molar-refractivity contribution in [3.05, 3.63) is 180 Å². The second kappa shape index (κ2) is 10.9. The maximum Gasteiger partial charge on any atom is 0.295 e. The Balaban J connectivity index is 1.43. The predicted octanol–water partition coefficient (Wildman–Crippen LogP) is 10.1. The molecule has 0 aromatic heterocycles. The molecule has 0 radical (unpaired) electrons. The largest absolute Gasteiger partial charge is 0.295 e. The van der Waals surface area contributed by atoms with Crippen molar-refractivity contribution >= 4 is 68.4 Å². The summed E-state index contributed by atoms with van der Waals surface area (Å²) in [5, 5.41) is 4.99. The van der Waals surface area contributed by atoms with Gasteiger partial charge in [0.1, 0.15) is 0 Å². The lowest BCUT2D eigenvalue weighted by Crippen LogP contribution is -2.70. The smallest absolute Gasteiger partial charge is 0.280 e. The molecule has 234 valence electrons. The molecule has 49 heavy (non-hydrogen) atoms. The Labute approximate surface area is 286 Å². The Morgan fingerprint density at radius 2 is 0.612 bits per heavy atom. The fourth-order valence-corrected chi connectivity index (χ4v) is 8.18. The fourth-order valence-electron chi connectivity index (χ4n) is 8.18. The topological polar surface area (TPSA) is 13.0 Å². The van der Waals surface area contributed by atoms with Gasteiger partial charge in [-0.2, -0.15) is 0 Å². The highest BCUT2D eigenvalue weighted by atomic mass is 15.8. The van der Waals surface area contributed by atoms with Crippen molar-refractivity contribution in [2.45, 2.75) is 18.8 Å². The van der Waals surface area contributed by atoms with Crippen LogP contribution in [-0.4, -0.2) is 5.91 Å². The average Bonchev–Trinajstić information content (AvgIpc) is 3.61. The normalized spacial score (nSPS) is 15.5. The van der Waals surface area contributed by atoms with Crippen molar-refractivity contribution in [2.75, 3.05) is 19.6 Å². The van der Waals surface area contributed by atoms with Gasteiger partial charge in [-0.25, -0.2) is 0 Å². The van der Waals surface area contributed by atoms with Crippen LogP contribution in [0.5, 0.6) is 0 Å². The average molecular weight is 631 g/mol. The van der Waals surface area contributed by atoms with Crippen LogP contribution in [0.2, 0.25) is 0 Å². The zero-order chi connectivity index (χ0) is 32.4. The van der Waals surface area contributed by atoms with Crippen molar-refractivity contribution < 1.29 is 0 Å². The van der Waals surface area contributed by atoms with Gasteiger partial charge in [-0.3, -0.25) is 19.6 Å². The van der Waals surface area contributed by atoms with Crippen LogP contribution in [-0.2, 0) is 0 Å². The van der Waals surface area contributed by atoms with Gasteiger partial charge >= 0.3 is 0 Å². The zero-order valence-corrected chi connectivity index (χ0v) is 27.0. The Bertz CT molecular complexity index is 2290. The molecule has 0 saturated carbocycles. The molecular formula is C45H34N4. The minimum atomic E-state index is -0.947. The van der Waals surface area contributed by atoms with E-state index >= 15 is 0 Å². The summed E-state index contributed by atoms with van der Waals surface area (Å²) in [6.07, 6.45) is 6.90. The quantitative estimate of drug-likeness (QED) is 0.192. The third-order valence-electron chi connectivity index (χ3n) is 10.1. The minimum absolute atomic E-state index is 0.947. The molecule has 0 atom stereocenters. The summed E-state index contributed by atoms with van der Waals surface area (Å²) in [6, 6.07) is 62.0. The molecule has 0 saturated heterocycles. The number of hydrogen-bond acceptors (Lipinski definition) is 4. The van der Waals surface area contributed by atoms with Crippen molar-refractivity contribution in [1.29, 1.82) is 0 Å². The molecule has 1 spiro atoms. The van der Waals surface area contributed by atoms with E-state index < -0.39 is 5.91 Å². The Morgan fingerprint density at radius 1 is 0.327 bits per heavy atom. The van der Waals surface area contributed by atoms with Crippen molar-refractivity contribution in [3.63, 3.8) is 0 Å². The third kappa shape index (κ3) is 4.04. The fraction of sp³-hybridized carbons (Fsp3) is 0.0667.